The molecule has 0 bridgehead atoms. The molecule has 1 amide bonds. The highest BCUT2D eigenvalue weighted by Gasteiger charge is 2.29. The first kappa shape index (κ1) is 17.5. The van der Waals surface area contributed by atoms with Crippen molar-refractivity contribution in [2.45, 2.75) is 70.6 Å². The standard InChI is InChI=1S/C17H33N3O2/c1-17(2,3)22-16(21)18-14-7-5-8-15(13-14)20-10-6-9-19(4)11-12-20/h14-15H,5-13H2,1-4H3,(H,18,21)/t14-,15+/m0/s1. The molecule has 0 radical (unpaired) electrons. The van der Waals surface area contributed by atoms with Gasteiger partial charge in [-0.25, -0.2) is 4.79 Å². The molecular formula is C17H33N3O2. The predicted octanol–water partition coefficient (Wildman–Crippen LogP) is 2.46. The molecule has 128 valence electrons. The predicted molar refractivity (Wildman–Crippen MR) is 89.1 cm³/mol. The van der Waals surface area contributed by atoms with Crippen LogP contribution in [-0.2, 0) is 4.74 Å². The number of alkyl carbamates (subject to hydrolysis) is 1. The molecule has 0 aromatic carbocycles. The van der Waals surface area contributed by atoms with Gasteiger partial charge in [-0.3, -0.25) is 4.90 Å². The molecule has 0 spiro atoms. The van der Waals surface area contributed by atoms with Crippen molar-refractivity contribution < 1.29 is 9.53 Å². The molecule has 1 heterocycles. The second kappa shape index (κ2) is 7.64. The fourth-order valence-electron chi connectivity index (χ4n) is 3.53. The van der Waals surface area contributed by atoms with Crippen molar-refractivity contribution in [3.05, 3.63) is 0 Å². The van der Waals surface area contributed by atoms with Crippen LogP contribution in [0.1, 0.15) is 52.9 Å². The Labute approximate surface area is 135 Å². The minimum Gasteiger partial charge on any atom is -0.444 e. The van der Waals surface area contributed by atoms with Gasteiger partial charge < -0.3 is 15.0 Å². The van der Waals surface area contributed by atoms with Crippen LogP contribution in [0, 0.1) is 0 Å². The molecule has 1 aliphatic heterocycles. The van der Waals surface area contributed by atoms with Crippen LogP contribution in [0.25, 0.3) is 0 Å². The van der Waals surface area contributed by atoms with E-state index in [2.05, 4.69) is 22.2 Å². The van der Waals surface area contributed by atoms with E-state index in [0.717, 1.165) is 25.9 Å². The molecule has 0 unspecified atom stereocenters. The van der Waals surface area contributed by atoms with Gasteiger partial charge in [-0.1, -0.05) is 0 Å². The van der Waals surface area contributed by atoms with E-state index in [0.29, 0.717) is 6.04 Å². The molecule has 0 aromatic rings. The largest absolute Gasteiger partial charge is 0.444 e. The van der Waals surface area contributed by atoms with Crippen molar-refractivity contribution >= 4 is 6.09 Å². The summed E-state index contributed by atoms with van der Waals surface area (Å²) in [5.74, 6) is 0. The SMILES string of the molecule is CN1CCCN([C@@H]2CCC[C@H](NC(=O)OC(C)(C)C)C2)CC1. The lowest BCUT2D eigenvalue weighted by Crippen LogP contribution is -2.47. The number of nitrogens with one attached hydrogen (secondary N) is 1. The lowest BCUT2D eigenvalue weighted by molar-refractivity contribution is 0.0470. The van der Waals surface area contributed by atoms with Crippen molar-refractivity contribution in [3.63, 3.8) is 0 Å². The second-order valence-corrected chi connectivity index (χ2v) is 7.86. The van der Waals surface area contributed by atoms with E-state index < -0.39 is 5.60 Å². The van der Waals surface area contributed by atoms with E-state index in [4.69, 9.17) is 4.74 Å². The zero-order valence-electron chi connectivity index (χ0n) is 14.7. The van der Waals surface area contributed by atoms with Crippen molar-refractivity contribution in [1.29, 1.82) is 0 Å². The van der Waals surface area contributed by atoms with E-state index in [1.165, 1.54) is 32.4 Å². The molecule has 5 heteroatoms. The minimum atomic E-state index is -0.423. The third kappa shape index (κ3) is 5.76. The van der Waals surface area contributed by atoms with Crippen LogP contribution in [0.4, 0.5) is 4.79 Å². The zero-order valence-corrected chi connectivity index (χ0v) is 14.7. The van der Waals surface area contributed by atoms with Crippen molar-refractivity contribution in [3.8, 4) is 0 Å². The molecular weight excluding hydrogens is 278 g/mol. The van der Waals surface area contributed by atoms with Crippen LogP contribution < -0.4 is 5.32 Å². The number of rotatable bonds is 2. The summed E-state index contributed by atoms with van der Waals surface area (Å²) < 4.78 is 5.38. The maximum atomic E-state index is 12.0. The molecule has 2 rings (SSSR count). The Balaban J connectivity index is 1.82. The average Bonchev–Trinajstić information content (AvgIpc) is 2.61. The molecule has 0 aromatic heterocycles. The van der Waals surface area contributed by atoms with Gasteiger partial charge in [-0.2, -0.15) is 0 Å². The monoisotopic (exact) mass is 311 g/mol. The Morgan fingerprint density at radius 1 is 1.09 bits per heavy atom. The quantitative estimate of drug-likeness (QED) is 0.851. The third-order valence-electron chi connectivity index (χ3n) is 4.64. The van der Waals surface area contributed by atoms with Gasteiger partial charge in [0.05, 0.1) is 0 Å². The summed E-state index contributed by atoms with van der Waals surface area (Å²) in [6.07, 6.45) is 5.56. The summed E-state index contributed by atoms with van der Waals surface area (Å²) in [5.41, 5.74) is -0.423. The molecule has 2 atom stereocenters. The summed E-state index contributed by atoms with van der Waals surface area (Å²) in [7, 11) is 2.21. The Morgan fingerprint density at radius 2 is 1.86 bits per heavy atom. The van der Waals surface area contributed by atoms with Crippen LogP contribution in [0.2, 0.25) is 0 Å². The fraction of sp³-hybridized carbons (Fsp3) is 0.941. The van der Waals surface area contributed by atoms with E-state index in [9.17, 15) is 4.79 Å². The highest BCUT2D eigenvalue weighted by atomic mass is 16.6. The van der Waals surface area contributed by atoms with Gasteiger partial charge in [0.15, 0.2) is 0 Å². The molecule has 1 N–H and O–H groups in total. The van der Waals surface area contributed by atoms with Gasteiger partial charge >= 0.3 is 6.09 Å². The van der Waals surface area contributed by atoms with Gasteiger partial charge in [0.25, 0.3) is 0 Å². The molecule has 2 fully saturated rings. The number of hydrogen-bond acceptors (Lipinski definition) is 4. The summed E-state index contributed by atoms with van der Waals surface area (Å²) in [6, 6.07) is 0.870. The molecule has 1 saturated heterocycles. The van der Waals surface area contributed by atoms with Gasteiger partial charge in [-0.15, -0.1) is 0 Å². The van der Waals surface area contributed by atoms with Crippen LogP contribution in [0.15, 0.2) is 0 Å². The first-order valence-electron chi connectivity index (χ1n) is 8.75. The lowest BCUT2D eigenvalue weighted by atomic mass is 9.90. The number of carbonyl (C=O) groups excluding carboxylic acids is 1. The lowest BCUT2D eigenvalue weighted by Gasteiger charge is -2.37. The van der Waals surface area contributed by atoms with Crippen molar-refractivity contribution in [1.82, 2.24) is 15.1 Å². The van der Waals surface area contributed by atoms with Crippen molar-refractivity contribution in [2.75, 3.05) is 33.2 Å². The van der Waals surface area contributed by atoms with Crippen LogP contribution in [-0.4, -0.2) is 66.8 Å². The summed E-state index contributed by atoms with van der Waals surface area (Å²) >= 11 is 0. The van der Waals surface area contributed by atoms with E-state index >= 15 is 0 Å². The number of likely N-dealkylation sites (N-methyl/N-ethyl adjacent to an activating group) is 1. The van der Waals surface area contributed by atoms with Crippen molar-refractivity contribution in [2.24, 2.45) is 0 Å². The van der Waals surface area contributed by atoms with E-state index in [-0.39, 0.29) is 12.1 Å². The van der Waals surface area contributed by atoms with E-state index in [1.807, 2.05) is 20.8 Å². The average molecular weight is 311 g/mol. The molecule has 1 aliphatic carbocycles. The normalized spacial score (nSPS) is 28.9. The Kier molecular flexibility index (Phi) is 6.09. The zero-order chi connectivity index (χ0) is 16.2. The van der Waals surface area contributed by atoms with Gasteiger partial charge in [0.2, 0.25) is 0 Å². The Bertz CT molecular complexity index is 367. The number of hydrogen-bond donors (Lipinski definition) is 1. The number of ether oxygens (including phenoxy) is 1. The minimum absolute atomic E-state index is 0.259. The Hall–Kier alpha value is -0.810. The van der Waals surface area contributed by atoms with Gasteiger partial charge in [0.1, 0.15) is 5.60 Å². The topological polar surface area (TPSA) is 44.8 Å². The fourth-order valence-corrected chi connectivity index (χ4v) is 3.53. The Morgan fingerprint density at radius 3 is 2.59 bits per heavy atom. The van der Waals surface area contributed by atoms with Gasteiger partial charge in [0, 0.05) is 25.2 Å². The molecule has 2 aliphatic rings. The van der Waals surface area contributed by atoms with Crippen LogP contribution >= 0.6 is 0 Å². The first-order valence-corrected chi connectivity index (χ1v) is 8.75. The maximum Gasteiger partial charge on any atom is 0.407 e. The summed E-state index contributed by atoms with van der Waals surface area (Å²) in [6.45, 7) is 10.4. The first-order chi connectivity index (χ1) is 10.3. The maximum absolute atomic E-state index is 12.0. The highest BCUT2D eigenvalue weighted by Crippen LogP contribution is 2.24. The second-order valence-electron chi connectivity index (χ2n) is 7.86. The highest BCUT2D eigenvalue weighted by molar-refractivity contribution is 5.68. The molecule has 5 nitrogen and oxygen atoms in total. The number of amides is 1. The molecule has 1 saturated carbocycles. The third-order valence-corrected chi connectivity index (χ3v) is 4.64. The molecule has 22 heavy (non-hydrogen) atoms. The van der Waals surface area contributed by atoms with Crippen LogP contribution in [0.5, 0.6) is 0 Å². The smallest absolute Gasteiger partial charge is 0.407 e. The van der Waals surface area contributed by atoms with Crippen LogP contribution in [0.3, 0.4) is 0 Å². The summed E-state index contributed by atoms with van der Waals surface area (Å²) in [4.78, 5) is 17.0. The number of carbonyl (C=O) groups is 1. The number of nitrogens with zero attached hydrogens (tertiary/aromatic N) is 2. The van der Waals surface area contributed by atoms with Gasteiger partial charge in [-0.05, 0) is 73.0 Å². The summed E-state index contributed by atoms with van der Waals surface area (Å²) in [5, 5.41) is 3.07. The van der Waals surface area contributed by atoms with E-state index in [1.54, 1.807) is 0 Å².